The van der Waals surface area contributed by atoms with Crippen LogP contribution in [-0.2, 0) is 14.3 Å². The molecule has 58 valence electrons. The smallest absolute Gasteiger partial charge is 0.337 e. The Bertz CT molecular complexity index is 133. The van der Waals surface area contributed by atoms with Crippen LogP contribution in [0.4, 0.5) is 0 Å². The number of hydrogen-bond donors (Lipinski definition) is 0. The van der Waals surface area contributed by atoms with E-state index in [4.69, 9.17) is 9.47 Å². The fourth-order valence-electron chi connectivity index (χ4n) is 0.899. The summed E-state index contributed by atoms with van der Waals surface area (Å²) in [4.78, 5) is 10.7. The van der Waals surface area contributed by atoms with Crippen molar-refractivity contribution < 1.29 is 14.3 Å². The molecular formula is C7H12O3. The highest BCUT2D eigenvalue weighted by Gasteiger charge is 2.30. The molecule has 1 fully saturated rings. The van der Waals surface area contributed by atoms with Crippen LogP contribution in [0.2, 0.25) is 0 Å². The minimum atomic E-state index is -0.364. The summed E-state index contributed by atoms with van der Waals surface area (Å²) in [5.41, 5.74) is 0. The third-order valence-electron chi connectivity index (χ3n) is 1.46. The van der Waals surface area contributed by atoms with E-state index in [9.17, 15) is 4.79 Å². The van der Waals surface area contributed by atoms with Gasteiger partial charge in [-0.2, -0.15) is 0 Å². The van der Waals surface area contributed by atoms with Crippen LogP contribution in [0.3, 0.4) is 0 Å². The van der Waals surface area contributed by atoms with Crippen LogP contribution in [0, 0.1) is 0 Å². The largest absolute Gasteiger partial charge is 0.434 e. The monoisotopic (exact) mass is 144 g/mol. The first kappa shape index (κ1) is 7.54. The van der Waals surface area contributed by atoms with Gasteiger partial charge in [0.05, 0.1) is 0 Å². The van der Waals surface area contributed by atoms with Gasteiger partial charge >= 0.3 is 5.97 Å². The van der Waals surface area contributed by atoms with Gasteiger partial charge in [0.1, 0.15) is 0 Å². The van der Waals surface area contributed by atoms with Gasteiger partial charge in [-0.1, -0.05) is 13.3 Å². The maximum atomic E-state index is 10.7. The van der Waals surface area contributed by atoms with Crippen LogP contribution in [0.5, 0.6) is 0 Å². The lowest BCUT2D eigenvalue weighted by atomic mass is 10.3. The first-order valence-corrected chi connectivity index (χ1v) is 3.60. The van der Waals surface area contributed by atoms with E-state index in [0.29, 0.717) is 0 Å². The highest BCUT2D eigenvalue weighted by Crippen LogP contribution is 2.16. The van der Waals surface area contributed by atoms with Gasteiger partial charge in [-0.25, -0.2) is 4.79 Å². The summed E-state index contributed by atoms with van der Waals surface area (Å²) < 4.78 is 10.00. The molecule has 0 N–H and O–H groups in total. The average Bonchev–Trinajstić information content (AvgIpc) is 2.14. The second kappa shape index (κ2) is 3.01. The molecule has 0 unspecified atom stereocenters. The van der Waals surface area contributed by atoms with Crippen molar-refractivity contribution in [2.24, 2.45) is 0 Å². The number of rotatable bonds is 2. The molecule has 3 nitrogen and oxygen atoms in total. The average molecular weight is 144 g/mol. The normalized spacial score (nSPS) is 32.4. The summed E-state index contributed by atoms with van der Waals surface area (Å²) in [6.07, 6.45) is 1.13. The van der Waals surface area contributed by atoms with Gasteiger partial charge in [0.15, 0.2) is 6.10 Å². The molecule has 0 spiro atoms. The number of ether oxygens (including phenoxy) is 2. The van der Waals surface area contributed by atoms with Crippen LogP contribution < -0.4 is 0 Å². The number of carbonyl (C=O) groups excluding carboxylic acids is 1. The topological polar surface area (TPSA) is 35.5 Å². The van der Waals surface area contributed by atoms with Gasteiger partial charge in [-0.15, -0.1) is 0 Å². The molecule has 1 aliphatic heterocycles. The summed E-state index contributed by atoms with van der Waals surface area (Å²) in [5, 5.41) is 0. The highest BCUT2D eigenvalue weighted by atomic mass is 16.7. The quantitative estimate of drug-likeness (QED) is 0.544. The van der Waals surface area contributed by atoms with E-state index in [2.05, 4.69) is 0 Å². The molecule has 0 saturated carbocycles. The molecule has 0 bridgehead atoms. The van der Waals surface area contributed by atoms with Crippen molar-refractivity contribution in [3.8, 4) is 0 Å². The van der Waals surface area contributed by atoms with E-state index < -0.39 is 0 Å². The molecule has 0 aromatic heterocycles. The number of hydrogen-bond acceptors (Lipinski definition) is 3. The fraction of sp³-hybridized carbons (Fsp3) is 0.857. The Labute approximate surface area is 60.3 Å². The van der Waals surface area contributed by atoms with Crippen LogP contribution in [0.25, 0.3) is 0 Å². The summed E-state index contributed by atoms with van der Waals surface area (Å²) in [5.74, 6) is -0.238. The van der Waals surface area contributed by atoms with Crippen molar-refractivity contribution >= 4 is 5.97 Å². The third kappa shape index (κ3) is 1.48. The van der Waals surface area contributed by atoms with Crippen molar-refractivity contribution in [2.75, 3.05) is 0 Å². The Morgan fingerprint density at radius 1 is 1.60 bits per heavy atom. The predicted molar refractivity (Wildman–Crippen MR) is 35.3 cm³/mol. The van der Waals surface area contributed by atoms with Crippen LogP contribution >= 0.6 is 0 Å². The fourth-order valence-corrected chi connectivity index (χ4v) is 0.899. The summed E-state index contributed by atoms with van der Waals surface area (Å²) >= 11 is 0. The van der Waals surface area contributed by atoms with Crippen LogP contribution in [0.1, 0.15) is 26.7 Å². The maximum absolute atomic E-state index is 10.7. The zero-order valence-corrected chi connectivity index (χ0v) is 6.29. The molecule has 0 amide bonds. The zero-order valence-electron chi connectivity index (χ0n) is 6.29. The molecule has 0 aromatic rings. The Morgan fingerprint density at radius 2 is 2.30 bits per heavy atom. The molecule has 1 aliphatic rings. The Morgan fingerprint density at radius 3 is 2.70 bits per heavy atom. The number of cyclic esters (lactones) is 1. The molecule has 1 heterocycles. The molecule has 3 heteroatoms. The van der Waals surface area contributed by atoms with Crippen LogP contribution in [-0.4, -0.2) is 18.4 Å². The van der Waals surface area contributed by atoms with Gasteiger partial charge < -0.3 is 9.47 Å². The van der Waals surface area contributed by atoms with Gasteiger partial charge in [0.25, 0.3) is 0 Å². The minimum Gasteiger partial charge on any atom is -0.434 e. The van der Waals surface area contributed by atoms with Crippen molar-refractivity contribution in [1.29, 1.82) is 0 Å². The second-order valence-corrected chi connectivity index (χ2v) is 2.43. The van der Waals surface area contributed by atoms with E-state index in [-0.39, 0.29) is 18.4 Å². The summed E-state index contributed by atoms with van der Waals surface area (Å²) in [7, 11) is 0. The first-order valence-electron chi connectivity index (χ1n) is 3.60. The molecule has 0 aliphatic carbocycles. The lowest BCUT2D eigenvalue weighted by Crippen LogP contribution is -2.09. The maximum Gasteiger partial charge on any atom is 0.337 e. The summed E-state index contributed by atoms with van der Waals surface area (Å²) in [6, 6.07) is 0. The Balaban J connectivity index is 2.34. The predicted octanol–water partition coefficient (Wildman–Crippen LogP) is 1.07. The molecule has 0 aromatic carbocycles. The Kier molecular flexibility index (Phi) is 2.27. The Hall–Kier alpha value is -0.570. The molecule has 2 atom stereocenters. The number of carbonyl (C=O) groups is 1. The molecule has 0 radical (unpaired) electrons. The minimum absolute atomic E-state index is 0.238. The first-order chi connectivity index (χ1) is 4.74. The van der Waals surface area contributed by atoms with Crippen molar-refractivity contribution in [3.63, 3.8) is 0 Å². The second-order valence-electron chi connectivity index (χ2n) is 2.43. The van der Waals surface area contributed by atoms with Gasteiger partial charge in [-0.05, 0) is 6.92 Å². The number of esters is 1. The SMILES string of the molecule is CCC[C@@H]1OC(=O)[C@H](C)O1. The molecule has 1 saturated heterocycles. The molecule has 1 rings (SSSR count). The van der Waals surface area contributed by atoms with E-state index in [1.165, 1.54) is 0 Å². The van der Waals surface area contributed by atoms with Crippen molar-refractivity contribution in [1.82, 2.24) is 0 Å². The lowest BCUT2D eigenvalue weighted by molar-refractivity contribution is -0.143. The van der Waals surface area contributed by atoms with Crippen molar-refractivity contribution in [2.45, 2.75) is 39.1 Å². The molecule has 10 heavy (non-hydrogen) atoms. The van der Waals surface area contributed by atoms with E-state index in [0.717, 1.165) is 12.8 Å². The van der Waals surface area contributed by atoms with E-state index in [1.807, 2.05) is 6.92 Å². The van der Waals surface area contributed by atoms with Gasteiger partial charge in [0.2, 0.25) is 6.29 Å². The van der Waals surface area contributed by atoms with Crippen LogP contribution in [0.15, 0.2) is 0 Å². The summed E-state index contributed by atoms with van der Waals surface area (Å²) in [6.45, 7) is 3.73. The molecular weight excluding hydrogens is 132 g/mol. The highest BCUT2D eigenvalue weighted by molar-refractivity contribution is 5.75. The third-order valence-corrected chi connectivity index (χ3v) is 1.46. The van der Waals surface area contributed by atoms with E-state index in [1.54, 1.807) is 6.92 Å². The van der Waals surface area contributed by atoms with Gasteiger partial charge in [0, 0.05) is 6.42 Å². The zero-order chi connectivity index (χ0) is 7.56. The lowest BCUT2D eigenvalue weighted by Gasteiger charge is -2.04. The van der Waals surface area contributed by atoms with Crippen molar-refractivity contribution in [3.05, 3.63) is 0 Å². The van der Waals surface area contributed by atoms with Gasteiger partial charge in [-0.3, -0.25) is 0 Å². The standard InChI is InChI=1S/C7H12O3/c1-3-4-6-9-5(2)7(8)10-6/h5-6H,3-4H2,1-2H3/t5-,6-/m0/s1. The van der Waals surface area contributed by atoms with E-state index >= 15 is 0 Å².